The van der Waals surface area contributed by atoms with Gasteiger partial charge < -0.3 is 0 Å². The van der Waals surface area contributed by atoms with Crippen molar-refractivity contribution in [2.75, 3.05) is 11.7 Å². The van der Waals surface area contributed by atoms with Crippen molar-refractivity contribution < 1.29 is 5.21 Å². The first kappa shape index (κ1) is 7.44. The van der Waals surface area contributed by atoms with Crippen LogP contribution in [0.3, 0.4) is 0 Å². The monoisotopic (exact) mass is 155 g/mol. The van der Waals surface area contributed by atoms with Crippen molar-refractivity contribution in [3.63, 3.8) is 0 Å². The summed E-state index contributed by atoms with van der Waals surface area (Å²) in [7, 11) is 0. The molecule has 2 N–H and O–H groups in total. The predicted molar refractivity (Wildman–Crippen MR) is 43.6 cm³/mol. The summed E-state index contributed by atoms with van der Waals surface area (Å²) in [5, 5.41) is 8.44. The van der Waals surface area contributed by atoms with Gasteiger partial charge in [0, 0.05) is 4.90 Å². The van der Waals surface area contributed by atoms with Gasteiger partial charge in [-0.3, -0.25) is 10.7 Å². The van der Waals surface area contributed by atoms with Gasteiger partial charge in [0.2, 0.25) is 0 Å². The van der Waals surface area contributed by atoms with Crippen LogP contribution in [-0.2, 0) is 0 Å². The molecule has 54 valence electrons. The molecule has 2 nitrogen and oxygen atoms in total. The summed E-state index contributed by atoms with van der Waals surface area (Å²) in [4.78, 5) is 1.19. The summed E-state index contributed by atoms with van der Waals surface area (Å²) in [6.45, 7) is 0. The topological polar surface area (TPSA) is 32.3 Å². The lowest BCUT2D eigenvalue weighted by Crippen LogP contribution is -1.86. The van der Waals surface area contributed by atoms with Gasteiger partial charge in [0.05, 0.1) is 5.69 Å². The third-order valence-corrected chi connectivity index (χ3v) is 1.96. The molecule has 1 aromatic rings. The van der Waals surface area contributed by atoms with E-state index in [0.717, 1.165) is 5.69 Å². The van der Waals surface area contributed by atoms with E-state index in [9.17, 15) is 0 Å². The van der Waals surface area contributed by atoms with Gasteiger partial charge >= 0.3 is 0 Å². The molecule has 0 bridgehead atoms. The van der Waals surface area contributed by atoms with Gasteiger partial charge in [0.25, 0.3) is 0 Å². The Hall–Kier alpha value is -0.670. The average Bonchev–Trinajstić information content (AvgIpc) is 2.05. The first-order chi connectivity index (χ1) is 4.86. The third-order valence-electron chi connectivity index (χ3n) is 1.22. The predicted octanol–water partition coefficient (Wildman–Crippen LogP) is 2.21. The Labute approximate surface area is 64.2 Å². The summed E-state index contributed by atoms with van der Waals surface area (Å²) in [6.07, 6.45) is 2.02. The van der Waals surface area contributed by atoms with E-state index < -0.39 is 0 Å². The number of anilines is 1. The van der Waals surface area contributed by atoms with Crippen LogP contribution in [0.25, 0.3) is 0 Å². The number of benzene rings is 1. The fourth-order valence-electron chi connectivity index (χ4n) is 0.666. The molecule has 0 aliphatic heterocycles. The van der Waals surface area contributed by atoms with Crippen molar-refractivity contribution in [1.82, 2.24) is 0 Å². The Morgan fingerprint density at radius 1 is 1.30 bits per heavy atom. The lowest BCUT2D eigenvalue weighted by Gasteiger charge is -1.98. The summed E-state index contributed by atoms with van der Waals surface area (Å²) < 4.78 is 0. The van der Waals surface area contributed by atoms with E-state index >= 15 is 0 Å². The molecule has 0 aliphatic carbocycles. The Balaban J connectivity index is 2.80. The van der Waals surface area contributed by atoms with Crippen LogP contribution in [0.15, 0.2) is 29.2 Å². The van der Waals surface area contributed by atoms with Crippen molar-refractivity contribution >= 4 is 17.4 Å². The molecule has 1 rings (SSSR count). The fourth-order valence-corrected chi connectivity index (χ4v) is 1.07. The largest absolute Gasteiger partial charge is 0.291 e. The van der Waals surface area contributed by atoms with Gasteiger partial charge in [0.1, 0.15) is 0 Å². The minimum Gasteiger partial charge on any atom is -0.291 e. The maximum atomic E-state index is 8.44. The van der Waals surface area contributed by atoms with Gasteiger partial charge in [-0.1, -0.05) is 0 Å². The second-order valence-electron chi connectivity index (χ2n) is 1.84. The van der Waals surface area contributed by atoms with E-state index in [-0.39, 0.29) is 0 Å². The lowest BCUT2D eigenvalue weighted by molar-refractivity contribution is 0.389. The van der Waals surface area contributed by atoms with Crippen LogP contribution in [0.1, 0.15) is 0 Å². The quantitative estimate of drug-likeness (QED) is 0.507. The van der Waals surface area contributed by atoms with Crippen molar-refractivity contribution in [3.8, 4) is 0 Å². The van der Waals surface area contributed by atoms with Crippen molar-refractivity contribution in [2.24, 2.45) is 0 Å². The van der Waals surface area contributed by atoms with Gasteiger partial charge in [-0.05, 0) is 30.5 Å². The summed E-state index contributed by atoms with van der Waals surface area (Å²) in [5.41, 5.74) is 2.79. The standard InChI is InChI=1S/C7H9NOS/c1-10-7-4-2-6(8-9)3-5-7/h2-5,8-9H,1H3. The molecule has 0 aromatic heterocycles. The van der Waals surface area contributed by atoms with Crippen LogP contribution in [0, 0.1) is 0 Å². The van der Waals surface area contributed by atoms with E-state index in [2.05, 4.69) is 5.48 Å². The molecule has 10 heavy (non-hydrogen) atoms. The molecule has 0 saturated carbocycles. The molecule has 3 heteroatoms. The fraction of sp³-hybridized carbons (Fsp3) is 0.143. The molecule has 0 radical (unpaired) electrons. The minimum atomic E-state index is 0.720. The van der Waals surface area contributed by atoms with E-state index in [1.54, 1.807) is 11.8 Å². The smallest absolute Gasteiger partial charge is 0.0602 e. The highest BCUT2D eigenvalue weighted by Gasteiger charge is 1.88. The van der Waals surface area contributed by atoms with Gasteiger partial charge in [0.15, 0.2) is 0 Å². The SMILES string of the molecule is CSc1ccc(NO)cc1. The molecule has 0 unspecified atom stereocenters. The second kappa shape index (κ2) is 3.49. The van der Waals surface area contributed by atoms with Gasteiger partial charge in [-0.25, -0.2) is 0 Å². The van der Waals surface area contributed by atoms with Crippen molar-refractivity contribution in [3.05, 3.63) is 24.3 Å². The van der Waals surface area contributed by atoms with Crippen molar-refractivity contribution in [1.29, 1.82) is 0 Å². The molecule has 0 aliphatic rings. The highest BCUT2D eigenvalue weighted by atomic mass is 32.2. The maximum Gasteiger partial charge on any atom is 0.0602 e. The average molecular weight is 155 g/mol. The zero-order valence-electron chi connectivity index (χ0n) is 5.66. The first-order valence-electron chi connectivity index (χ1n) is 2.91. The molecular formula is C7H9NOS. The molecule has 0 spiro atoms. The Bertz CT molecular complexity index is 174. The zero-order valence-corrected chi connectivity index (χ0v) is 6.48. The van der Waals surface area contributed by atoms with Crippen LogP contribution in [0.5, 0.6) is 0 Å². The molecule has 0 saturated heterocycles. The zero-order chi connectivity index (χ0) is 7.40. The number of hydrogen-bond donors (Lipinski definition) is 2. The van der Waals surface area contributed by atoms with Gasteiger partial charge in [-0.2, -0.15) is 0 Å². The number of hydrogen-bond acceptors (Lipinski definition) is 3. The number of rotatable bonds is 2. The first-order valence-corrected chi connectivity index (χ1v) is 4.13. The Morgan fingerprint density at radius 3 is 2.30 bits per heavy atom. The van der Waals surface area contributed by atoms with E-state index in [0.29, 0.717) is 0 Å². The molecule has 0 heterocycles. The van der Waals surface area contributed by atoms with Crippen molar-refractivity contribution in [2.45, 2.75) is 4.90 Å². The minimum absolute atomic E-state index is 0.720. The van der Waals surface area contributed by atoms with Crippen LogP contribution < -0.4 is 5.48 Å². The van der Waals surface area contributed by atoms with E-state index in [1.807, 2.05) is 30.5 Å². The highest BCUT2D eigenvalue weighted by Crippen LogP contribution is 2.16. The summed E-state index contributed by atoms with van der Waals surface area (Å²) >= 11 is 1.68. The Morgan fingerprint density at radius 2 is 1.90 bits per heavy atom. The van der Waals surface area contributed by atoms with Crippen LogP contribution >= 0.6 is 11.8 Å². The highest BCUT2D eigenvalue weighted by molar-refractivity contribution is 7.98. The van der Waals surface area contributed by atoms with Crippen LogP contribution in [0.2, 0.25) is 0 Å². The third kappa shape index (κ3) is 1.65. The number of thioether (sulfide) groups is 1. The molecule has 0 amide bonds. The van der Waals surface area contributed by atoms with Crippen LogP contribution in [-0.4, -0.2) is 11.5 Å². The summed E-state index contributed by atoms with van der Waals surface area (Å²) in [5.74, 6) is 0. The normalized spacial score (nSPS) is 9.40. The molecule has 1 aromatic carbocycles. The molecular weight excluding hydrogens is 146 g/mol. The van der Waals surface area contributed by atoms with E-state index in [1.165, 1.54) is 4.90 Å². The second-order valence-corrected chi connectivity index (χ2v) is 2.72. The van der Waals surface area contributed by atoms with Crippen LogP contribution in [0.4, 0.5) is 5.69 Å². The van der Waals surface area contributed by atoms with Gasteiger partial charge in [-0.15, -0.1) is 11.8 Å². The molecule has 0 fully saturated rings. The summed E-state index contributed by atoms with van der Waals surface area (Å²) in [6, 6.07) is 7.55. The Kier molecular flexibility index (Phi) is 2.59. The van der Waals surface area contributed by atoms with E-state index in [4.69, 9.17) is 5.21 Å². The maximum absolute atomic E-state index is 8.44. The number of nitrogens with one attached hydrogen (secondary N) is 1. The molecule has 0 atom stereocenters. The lowest BCUT2D eigenvalue weighted by atomic mass is 10.3.